The van der Waals surface area contributed by atoms with Gasteiger partial charge in [0.25, 0.3) is 0 Å². The summed E-state index contributed by atoms with van der Waals surface area (Å²) in [6, 6.07) is 3.60. The van der Waals surface area contributed by atoms with Crippen molar-refractivity contribution in [1.29, 1.82) is 10.5 Å². The van der Waals surface area contributed by atoms with E-state index in [4.69, 9.17) is 24.2 Å². The molecule has 1 aliphatic heterocycles. The van der Waals surface area contributed by atoms with Crippen molar-refractivity contribution in [3.05, 3.63) is 17.7 Å². The molecule has 1 aromatic rings. The van der Waals surface area contributed by atoms with Gasteiger partial charge in [0.15, 0.2) is 35.9 Å². The van der Waals surface area contributed by atoms with E-state index < -0.39 is 42.4 Å². The highest BCUT2D eigenvalue weighted by molar-refractivity contribution is 5.68. The highest BCUT2D eigenvalue weighted by atomic mass is 16.6. The normalized spacial score (nSPS) is 24.2. The first-order valence-electron chi connectivity index (χ1n) is 7.78. The summed E-state index contributed by atoms with van der Waals surface area (Å²) in [7, 11) is 0. The maximum atomic E-state index is 11.6. The second-order valence-corrected chi connectivity index (χ2v) is 5.59. The summed E-state index contributed by atoms with van der Waals surface area (Å²) in [6.07, 6.45) is -3.42. The van der Waals surface area contributed by atoms with E-state index in [2.05, 4.69) is 4.98 Å². The van der Waals surface area contributed by atoms with Crippen molar-refractivity contribution in [2.45, 2.75) is 45.3 Å². The van der Waals surface area contributed by atoms with Gasteiger partial charge in [0, 0.05) is 20.8 Å². The number of hydrogen-bond donors (Lipinski definition) is 0. The molecule has 1 fully saturated rings. The van der Waals surface area contributed by atoms with Crippen LogP contribution in [0, 0.1) is 22.7 Å². The fourth-order valence-electron chi connectivity index (χ4n) is 2.71. The van der Waals surface area contributed by atoms with Crippen LogP contribution < -0.4 is 0 Å². The van der Waals surface area contributed by atoms with E-state index in [1.807, 2.05) is 6.07 Å². The monoisotopic (exact) mass is 376 g/mol. The molecule has 142 valence electrons. The molecule has 0 amide bonds. The lowest BCUT2D eigenvalue weighted by atomic mass is 10.0. The van der Waals surface area contributed by atoms with Gasteiger partial charge in [0.1, 0.15) is 12.1 Å². The van der Waals surface area contributed by atoms with Crippen molar-refractivity contribution in [3.8, 4) is 12.1 Å². The first kappa shape index (κ1) is 19.9. The number of aromatic nitrogens is 2. The Hall–Kier alpha value is -3.44. The summed E-state index contributed by atoms with van der Waals surface area (Å²) >= 11 is 0. The zero-order chi connectivity index (χ0) is 20.1. The van der Waals surface area contributed by atoms with Crippen molar-refractivity contribution < 1.29 is 33.3 Å². The Kier molecular flexibility index (Phi) is 6.11. The van der Waals surface area contributed by atoms with Crippen LogP contribution in [0.25, 0.3) is 0 Å². The van der Waals surface area contributed by atoms with Gasteiger partial charge in [0.05, 0.1) is 12.9 Å². The second-order valence-electron chi connectivity index (χ2n) is 5.59. The number of rotatable bonds is 4. The Morgan fingerprint density at radius 2 is 1.67 bits per heavy atom. The maximum absolute atomic E-state index is 11.6. The third-order valence-electron chi connectivity index (χ3n) is 3.60. The predicted molar refractivity (Wildman–Crippen MR) is 83.3 cm³/mol. The molecular formula is C16H16N4O7. The predicted octanol–water partition coefficient (Wildman–Crippen LogP) is -0.0496. The molecule has 1 aliphatic rings. The molecular weight excluding hydrogens is 360 g/mol. The standard InChI is InChI=1S/C16H16N4O7/c1-8(21)25-13-6-24-16(20-7-19-11(4-17)12(20)5-18)15(27-10(3)23)14(13)26-9(2)22/h7,13-16H,6H2,1-3H3/t13-,14-,15-,16+/m1/s1. The molecule has 11 heteroatoms. The molecule has 4 atom stereocenters. The summed E-state index contributed by atoms with van der Waals surface area (Å²) in [6.45, 7) is 3.24. The molecule has 0 aromatic carbocycles. The van der Waals surface area contributed by atoms with E-state index in [-0.39, 0.29) is 18.0 Å². The highest BCUT2D eigenvalue weighted by Gasteiger charge is 2.48. The number of nitriles is 2. The van der Waals surface area contributed by atoms with Crippen molar-refractivity contribution in [2.75, 3.05) is 6.61 Å². The van der Waals surface area contributed by atoms with E-state index in [0.29, 0.717) is 0 Å². The number of carbonyl (C=O) groups is 3. The van der Waals surface area contributed by atoms with Gasteiger partial charge >= 0.3 is 17.9 Å². The lowest BCUT2D eigenvalue weighted by Crippen LogP contribution is -2.55. The zero-order valence-electron chi connectivity index (χ0n) is 14.7. The van der Waals surface area contributed by atoms with Crippen LogP contribution in [0.15, 0.2) is 6.33 Å². The first-order valence-corrected chi connectivity index (χ1v) is 7.78. The number of imidazole rings is 1. The van der Waals surface area contributed by atoms with Gasteiger partial charge in [0.2, 0.25) is 0 Å². The topological polar surface area (TPSA) is 154 Å². The molecule has 0 bridgehead atoms. The minimum absolute atomic E-state index is 0.118. The third kappa shape index (κ3) is 4.40. The van der Waals surface area contributed by atoms with Gasteiger partial charge in [-0.25, -0.2) is 4.98 Å². The van der Waals surface area contributed by atoms with E-state index >= 15 is 0 Å². The van der Waals surface area contributed by atoms with E-state index in [9.17, 15) is 19.6 Å². The number of hydrogen-bond acceptors (Lipinski definition) is 10. The Morgan fingerprint density at radius 1 is 1.07 bits per heavy atom. The molecule has 2 rings (SSSR count). The highest BCUT2D eigenvalue weighted by Crippen LogP contribution is 2.32. The van der Waals surface area contributed by atoms with Crippen LogP contribution in [0.4, 0.5) is 0 Å². The van der Waals surface area contributed by atoms with Crippen molar-refractivity contribution in [2.24, 2.45) is 0 Å². The van der Waals surface area contributed by atoms with Crippen LogP contribution in [-0.2, 0) is 33.3 Å². The molecule has 1 aromatic heterocycles. The summed E-state index contributed by atoms with van der Waals surface area (Å²) in [5.74, 6) is -2.06. The minimum Gasteiger partial charge on any atom is -0.456 e. The van der Waals surface area contributed by atoms with Gasteiger partial charge in [-0.05, 0) is 0 Å². The van der Waals surface area contributed by atoms with Crippen LogP contribution in [0.2, 0.25) is 0 Å². The Labute approximate surface area is 154 Å². The Bertz CT molecular complexity index is 835. The SMILES string of the molecule is CC(=O)O[C@@H]1[C@H](OC(C)=O)[C@H](OC(C)=O)CO[C@@H]1n1cnc(C#N)c1C#N. The number of esters is 3. The van der Waals surface area contributed by atoms with Gasteiger partial charge in [-0.1, -0.05) is 0 Å². The summed E-state index contributed by atoms with van der Waals surface area (Å²) in [5.41, 5.74) is -0.263. The molecule has 0 N–H and O–H groups in total. The molecule has 1 saturated heterocycles. The molecule has 11 nitrogen and oxygen atoms in total. The smallest absolute Gasteiger partial charge is 0.303 e. The van der Waals surface area contributed by atoms with Crippen molar-refractivity contribution in [3.63, 3.8) is 0 Å². The maximum Gasteiger partial charge on any atom is 0.303 e. The van der Waals surface area contributed by atoms with Crippen molar-refractivity contribution >= 4 is 17.9 Å². The van der Waals surface area contributed by atoms with Crippen LogP contribution in [0.3, 0.4) is 0 Å². The zero-order valence-corrected chi connectivity index (χ0v) is 14.7. The molecule has 0 spiro atoms. The first-order chi connectivity index (χ1) is 12.8. The Morgan fingerprint density at radius 3 is 2.19 bits per heavy atom. The lowest BCUT2D eigenvalue weighted by molar-refractivity contribution is -0.239. The molecule has 2 heterocycles. The molecule has 27 heavy (non-hydrogen) atoms. The Balaban J connectivity index is 2.48. The largest absolute Gasteiger partial charge is 0.456 e. The summed E-state index contributed by atoms with van der Waals surface area (Å²) in [4.78, 5) is 38.3. The molecule has 0 radical (unpaired) electrons. The lowest BCUT2D eigenvalue weighted by Gasteiger charge is -2.40. The van der Waals surface area contributed by atoms with Crippen molar-refractivity contribution in [1.82, 2.24) is 9.55 Å². The van der Waals surface area contributed by atoms with Crippen LogP contribution in [-0.4, -0.2) is 52.4 Å². The van der Waals surface area contributed by atoms with Gasteiger partial charge < -0.3 is 18.9 Å². The minimum atomic E-state index is -1.25. The second kappa shape index (κ2) is 8.29. The summed E-state index contributed by atoms with van der Waals surface area (Å²) < 4.78 is 22.4. The average Bonchev–Trinajstić information content (AvgIpc) is 2.99. The van der Waals surface area contributed by atoms with Crippen LogP contribution in [0.5, 0.6) is 0 Å². The number of ether oxygens (including phenoxy) is 4. The average molecular weight is 376 g/mol. The number of carbonyl (C=O) groups excluding carboxylic acids is 3. The fraction of sp³-hybridized carbons (Fsp3) is 0.500. The van der Waals surface area contributed by atoms with E-state index in [0.717, 1.165) is 13.8 Å². The van der Waals surface area contributed by atoms with Gasteiger partial charge in [-0.15, -0.1) is 0 Å². The fourth-order valence-corrected chi connectivity index (χ4v) is 2.71. The van der Waals surface area contributed by atoms with Crippen LogP contribution in [0.1, 0.15) is 38.4 Å². The van der Waals surface area contributed by atoms with E-state index in [1.165, 1.54) is 17.8 Å². The molecule has 0 unspecified atom stereocenters. The molecule has 0 aliphatic carbocycles. The third-order valence-corrected chi connectivity index (χ3v) is 3.60. The van der Waals surface area contributed by atoms with Crippen LogP contribution >= 0.6 is 0 Å². The molecule has 0 saturated carbocycles. The van der Waals surface area contributed by atoms with Gasteiger partial charge in [-0.3, -0.25) is 19.0 Å². The summed E-state index contributed by atoms with van der Waals surface area (Å²) in [5, 5.41) is 18.4. The van der Waals surface area contributed by atoms with Gasteiger partial charge in [-0.2, -0.15) is 10.5 Å². The number of nitrogens with zero attached hydrogens (tertiary/aromatic N) is 4. The van der Waals surface area contributed by atoms with E-state index in [1.54, 1.807) is 6.07 Å². The quantitative estimate of drug-likeness (QED) is 0.516.